The minimum atomic E-state index is -0.726. The minimum Gasteiger partial charge on any atom is -0.492 e. The van der Waals surface area contributed by atoms with Crippen molar-refractivity contribution in [1.29, 1.82) is 0 Å². The lowest BCUT2D eigenvalue weighted by Crippen LogP contribution is -2.54. The van der Waals surface area contributed by atoms with Crippen LogP contribution < -0.4 is 4.74 Å². The molecule has 2 aromatic carbocycles. The molecular formula is C24H31NO4. The summed E-state index contributed by atoms with van der Waals surface area (Å²) < 4.78 is 5.93. The molecule has 29 heavy (non-hydrogen) atoms. The van der Waals surface area contributed by atoms with Crippen LogP contribution in [0.2, 0.25) is 0 Å². The molecule has 1 aliphatic heterocycles. The maximum absolute atomic E-state index is 13.1. The van der Waals surface area contributed by atoms with Gasteiger partial charge in [0.15, 0.2) is 0 Å². The van der Waals surface area contributed by atoms with E-state index in [4.69, 9.17) is 4.74 Å². The number of aliphatic hydroxyl groups excluding tert-OH is 2. The number of carbonyl (C=O) groups is 1. The minimum absolute atomic E-state index is 0.0524. The summed E-state index contributed by atoms with van der Waals surface area (Å²) in [7, 11) is 0. The van der Waals surface area contributed by atoms with E-state index in [2.05, 4.69) is 12.1 Å². The van der Waals surface area contributed by atoms with Crippen LogP contribution in [-0.2, 0) is 6.42 Å². The van der Waals surface area contributed by atoms with Crippen molar-refractivity contribution in [3.63, 3.8) is 0 Å². The molecule has 0 aromatic heterocycles. The standard InChI is InChI=1S/C24H31NO4/c1-2-13-24(18-26)14-15-25(17-22(24)27)23(28)20-10-6-7-11-21(20)29-16-12-19-8-4-3-5-9-19/h3-11,22,26-27H,2,12-18H2,1H3/t22-,24-/m1/s1. The summed E-state index contributed by atoms with van der Waals surface area (Å²) in [5.74, 6) is 0.429. The Kier molecular flexibility index (Phi) is 7.29. The van der Waals surface area contributed by atoms with Gasteiger partial charge in [0.25, 0.3) is 5.91 Å². The van der Waals surface area contributed by atoms with Crippen molar-refractivity contribution in [3.8, 4) is 5.75 Å². The highest BCUT2D eigenvalue weighted by molar-refractivity contribution is 5.97. The van der Waals surface area contributed by atoms with Gasteiger partial charge in [0, 0.05) is 24.9 Å². The van der Waals surface area contributed by atoms with E-state index in [0.29, 0.717) is 30.9 Å². The zero-order valence-electron chi connectivity index (χ0n) is 17.1. The first-order chi connectivity index (χ1) is 14.1. The van der Waals surface area contributed by atoms with E-state index < -0.39 is 11.5 Å². The fraction of sp³-hybridized carbons (Fsp3) is 0.458. The number of rotatable bonds is 8. The van der Waals surface area contributed by atoms with Crippen LogP contribution in [0.3, 0.4) is 0 Å². The molecule has 1 aliphatic rings. The number of benzene rings is 2. The fourth-order valence-corrected chi connectivity index (χ4v) is 4.12. The summed E-state index contributed by atoms with van der Waals surface area (Å²) in [4.78, 5) is 14.8. The molecule has 0 spiro atoms. The Hall–Kier alpha value is -2.37. The number of likely N-dealkylation sites (tertiary alicyclic amines) is 1. The molecule has 2 atom stereocenters. The Bertz CT molecular complexity index is 794. The van der Waals surface area contributed by atoms with Crippen molar-refractivity contribution in [2.24, 2.45) is 5.41 Å². The molecule has 0 saturated carbocycles. The van der Waals surface area contributed by atoms with Crippen molar-refractivity contribution in [2.75, 3.05) is 26.3 Å². The van der Waals surface area contributed by atoms with Crippen LogP contribution in [-0.4, -0.2) is 53.4 Å². The van der Waals surface area contributed by atoms with Crippen LogP contribution in [0.4, 0.5) is 0 Å². The van der Waals surface area contributed by atoms with Crippen molar-refractivity contribution in [2.45, 2.75) is 38.7 Å². The van der Waals surface area contributed by atoms with Crippen molar-refractivity contribution < 1.29 is 19.7 Å². The highest BCUT2D eigenvalue weighted by Gasteiger charge is 2.42. The first-order valence-electron chi connectivity index (χ1n) is 10.4. The highest BCUT2D eigenvalue weighted by atomic mass is 16.5. The van der Waals surface area contributed by atoms with Gasteiger partial charge in [0.05, 0.1) is 24.9 Å². The van der Waals surface area contributed by atoms with Gasteiger partial charge in [-0.2, -0.15) is 0 Å². The zero-order valence-corrected chi connectivity index (χ0v) is 17.1. The summed E-state index contributed by atoms with van der Waals surface area (Å²) in [6.45, 7) is 3.24. The quantitative estimate of drug-likeness (QED) is 0.717. The predicted octanol–water partition coefficient (Wildman–Crippen LogP) is 3.29. The van der Waals surface area contributed by atoms with E-state index in [-0.39, 0.29) is 19.1 Å². The first-order valence-corrected chi connectivity index (χ1v) is 10.4. The van der Waals surface area contributed by atoms with Crippen molar-refractivity contribution in [3.05, 3.63) is 65.7 Å². The Labute approximate surface area is 172 Å². The van der Waals surface area contributed by atoms with Gasteiger partial charge in [-0.15, -0.1) is 0 Å². The molecule has 0 aliphatic carbocycles. The van der Waals surface area contributed by atoms with Crippen LogP contribution in [0.5, 0.6) is 5.75 Å². The van der Waals surface area contributed by atoms with E-state index in [1.54, 1.807) is 11.0 Å². The Morgan fingerprint density at radius 1 is 1.17 bits per heavy atom. The third kappa shape index (κ3) is 4.98. The molecule has 5 heteroatoms. The summed E-state index contributed by atoms with van der Waals surface area (Å²) in [6.07, 6.45) is 2.29. The zero-order chi connectivity index (χ0) is 20.7. The molecule has 5 nitrogen and oxygen atoms in total. The Morgan fingerprint density at radius 2 is 1.90 bits per heavy atom. The molecule has 1 amide bonds. The number of ether oxygens (including phenoxy) is 1. The highest BCUT2D eigenvalue weighted by Crippen LogP contribution is 2.36. The fourth-order valence-electron chi connectivity index (χ4n) is 4.12. The van der Waals surface area contributed by atoms with Gasteiger partial charge in [-0.25, -0.2) is 0 Å². The molecule has 0 unspecified atom stereocenters. The third-order valence-corrected chi connectivity index (χ3v) is 5.94. The molecule has 3 rings (SSSR count). The lowest BCUT2D eigenvalue weighted by molar-refractivity contribution is -0.0713. The van der Waals surface area contributed by atoms with Crippen molar-refractivity contribution in [1.82, 2.24) is 4.90 Å². The summed E-state index contributed by atoms with van der Waals surface area (Å²) >= 11 is 0. The van der Waals surface area contributed by atoms with Gasteiger partial charge in [0.2, 0.25) is 0 Å². The molecule has 0 radical (unpaired) electrons. The summed E-state index contributed by atoms with van der Waals surface area (Å²) in [5.41, 5.74) is 1.20. The number of aliphatic hydroxyl groups is 2. The molecule has 1 fully saturated rings. The number of amides is 1. The largest absolute Gasteiger partial charge is 0.492 e. The second-order valence-corrected chi connectivity index (χ2v) is 7.87. The molecule has 1 heterocycles. The van der Waals surface area contributed by atoms with Crippen LogP contribution in [0.25, 0.3) is 0 Å². The van der Waals surface area contributed by atoms with E-state index >= 15 is 0 Å². The number of nitrogens with zero attached hydrogens (tertiary/aromatic N) is 1. The van der Waals surface area contributed by atoms with Crippen LogP contribution in [0.1, 0.15) is 42.1 Å². The number of carbonyl (C=O) groups excluding carboxylic acids is 1. The van der Waals surface area contributed by atoms with Crippen LogP contribution in [0, 0.1) is 5.41 Å². The number of β-amino-alcohol motifs (C(OH)–C–C–N with tert-alkyl or cyclic N) is 1. The van der Waals surface area contributed by atoms with Gasteiger partial charge in [0.1, 0.15) is 5.75 Å². The van der Waals surface area contributed by atoms with Gasteiger partial charge >= 0.3 is 0 Å². The van der Waals surface area contributed by atoms with E-state index in [1.165, 1.54) is 5.56 Å². The second-order valence-electron chi connectivity index (χ2n) is 7.87. The number of hydrogen-bond donors (Lipinski definition) is 2. The Morgan fingerprint density at radius 3 is 2.59 bits per heavy atom. The normalized spacial score (nSPS) is 21.8. The SMILES string of the molecule is CCC[C@]1(CO)CCN(C(=O)c2ccccc2OCCc2ccccc2)C[C@H]1O. The van der Waals surface area contributed by atoms with E-state index in [1.807, 2.05) is 43.3 Å². The average molecular weight is 398 g/mol. The summed E-state index contributed by atoms with van der Waals surface area (Å²) in [5, 5.41) is 20.5. The third-order valence-electron chi connectivity index (χ3n) is 5.94. The predicted molar refractivity (Wildman–Crippen MR) is 113 cm³/mol. The molecule has 1 saturated heterocycles. The average Bonchev–Trinajstić information content (AvgIpc) is 2.76. The lowest BCUT2D eigenvalue weighted by Gasteiger charge is -2.44. The molecule has 0 bridgehead atoms. The number of piperidine rings is 1. The van der Waals surface area contributed by atoms with Crippen LogP contribution in [0.15, 0.2) is 54.6 Å². The maximum atomic E-state index is 13.1. The topological polar surface area (TPSA) is 70.0 Å². The molecular weight excluding hydrogens is 366 g/mol. The smallest absolute Gasteiger partial charge is 0.257 e. The van der Waals surface area contributed by atoms with Gasteiger partial charge in [-0.1, -0.05) is 55.8 Å². The van der Waals surface area contributed by atoms with Gasteiger partial charge < -0.3 is 19.8 Å². The van der Waals surface area contributed by atoms with Gasteiger partial charge in [-0.05, 0) is 30.5 Å². The number of para-hydroxylation sites is 1. The first kappa shape index (κ1) is 21.3. The summed E-state index contributed by atoms with van der Waals surface area (Å²) in [6, 6.07) is 17.4. The van der Waals surface area contributed by atoms with E-state index in [9.17, 15) is 15.0 Å². The lowest BCUT2D eigenvalue weighted by atomic mass is 9.73. The van der Waals surface area contributed by atoms with Crippen LogP contribution >= 0.6 is 0 Å². The maximum Gasteiger partial charge on any atom is 0.257 e. The van der Waals surface area contributed by atoms with Gasteiger partial charge in [-0.3, -0.25) is 4.79 Å². The second kappa shape index (κ2) is 9.90. The number of hydrogen-bond acceptors (Lipinski definition) is 4. The molecule has 156 valence electrons. The molecule has 2 N–H and O–H groups in total. The Balaban J connectivity index is 1.65. The molecule has 2 aromatic rings. The monoisotopic (exact) mass is 397 g/mol. The van der Waals surface area contributed by atoms with Crippen molar-refractivity contribution >= 4 is 5.91 Å². The van der Waals surface area contributed by atoms with E-state index in [0.717, 1.165) is 19.3 Å².